The maximum Gasteiger partial charge on any atom is 0.272 e. The summed E-state index contributed by atoms with van der Waals surface area (Å²) in [6, 6.07) is 9.44. The summed E-state index contributed by atoms with van der Waals surface area (Å²) < 4.78 is 5.55. The molecule has 0 aromatic heterocycles. The molecule has 2 aromatic rings. The Balaban J connectivity index is 2.30. The van der Waals surface area contributed by atoms with Crippen LogP contribution in [0.5, 0.6) is 11.5 Å². The zero-order valence-corrected chi connectivity index (χ0v) is 11.7. The van der Waals surface area contributed by atoms with E-state index in [9.17, 15) is 10.1 Å². The predicted molar refractivity (Wildman–Crippen MR) is 77.5 cm³/mol. The van der Waals surface area contributed by atoms with Gasteiger partial charge >= 0.3 is 0 Å². The minimum Gasteiger partial charge on any atom is -0.454 e. The first-order valence-corrected chi connectivity index (χ1v) is 6.37. The van der Waals surface area contributed by atoms with Crippen LogP contribution in [-0.2, 0) is 6.54 Å². The SMILES string of the molecule is NCc1ccc(Oc2c(Cl)cc([N+](=O)[O-])cc2Cl)cc1. The number of hydrogen-bond donors (Lipinski definition) is 1. The van der Waals surface area contributed by atoms with Gasteiger partial charge in [-0.15, -0.1) is 0 Å². The lowest BCUT2D eigenvalue weighted by Gasteiger charge is -2.09. The molecule has 0 aliphatic carbocycles. The van der Waals surface area contributed by atoms with Crippen molar-refractivity contribution in [1.29, 1.82) is 0 Å². The van der Waals surface area contributed by atoms with Gasteiger partial charge in [0.05, 0.1) is 15.0 Å². The van der Waals surface area contributed by atoms with Crippen LogP contribution in [-0.4, -0.2) is 4.92 Å². The summed E-state index contributed by atoms with van der Waals surface area (Å²) in [5, 5.41) is 10.8. The third-order valence-electron chi connectivity index (χ3n) is 2.57. The molecule has 0 heterocycles. The minimum atomic E-state index is -0.572. The molecule has 0 aliphatic heterocycles. The Labute approximate surface area is 125 Å². The van der Waals surface area contributed by atoms with Crippen LogP contribution >= 0.6 is 23.2 Å². The number of nitro benzene ring substituents is 1. The second-order valence-electron chi connectivity index (χ2n) is 3.95. The van der Waals surface area contributed by atoms with Crippen LogP contribution in [0, 0.1) is 10.1 Å². The number of hydrogen-bond acceptors (Lipinski definition) is 4. The summed E-state index contributed by atoms with van der Waals surface area (Å²) in [7, 11) is 0. The first kappa shape index (κ1) is 14.6. The van der Waals surface area contributed by atoms with Crippen molar-refractivity contribution in [1.82, 2.24) is 0 Å². The molecule has 0 radical (unpaired) electrons. The van der Waals surface area contributed by atoms with E-state index in [-0.39, 0.29) is 21.5 Å². The fraction of sp³-hybridized carbons (Fsp3) is 0.0769. The number of non-ortho nitro benzene ring substituents is 1. The first-order chi connectivity index (χ1) is 9.51. The van der Waals surface area contributed by atoms with Crippen molar-refractivity contribution < 1.29 is 9.66 Å². The first-order valence-electron chi connectivity index (χ1n) is 5.61. The monoisotopic (exact) mass is 312 g/mol. The third-order valence-corrected chi connectivity index (χ3v) is 3.13. The summed E-state index contributed by atoms with van der Waals surface area (Å²) >= 11 is 11.9. The molecule has 7 heteroatoms. The second-order valence-corrected chi connectivity index (χ2v) is 4.76. The highest BCUT2D eigenvalue weighted by Gasteiger charge is 2.16. The number of rotatable bonds is 4. The molecule has 5 nitrogen and oxygen atoms in total. The van der Waals surface area contributed by atoms with E-state index in [1.807, 2.05) is 12.1 Å². The number of benzene rings is 2. The van der Waals surface area contributed by atoms with Gasteiger partial charge in [0.2, 0.25) is 0 Å². The average Bonchev–Trinajstić information content (AvgIpc) is 2.43. The lowest BCUT2D eigenvalue weighted by atomic mass is 10.2. The number of nitro groups is 1. The summed E-state index contributed by atoms with van der Waals surface area (Å²) in [4.78, 5) is 10.1. The molecule has 0 atom stereocenters. The number of nitrogens with zero attached hydrogens (tertiary/aromatic N) is 1. The molecule has 0 aliphatic rings. The van der Waals surface area contributed by atoms with Crippen molar-refractivity contribution in [3.8, 4) is 11.5 Å². The average molecular weight is 313 g/mol. The van der Waals surface area contributed by atoms with Gasteiger partial charge in [0.1, 0.15) is 5.75 Å². The van der Waals surface area contributed by atoms with E-state index in [0.717, 1.165) is 5.56 Å². The Hall–Kier alpha value is -1.82. The fourth-order valence-corrected chi connectivity index (χ4v) is 2.11. The van der Waals surface area contributed by atoms with E-state index in [0.29, 0.717) is 12.3 Å². The van der Waals surface area contributed by atoms with Gasteiger partial charge in [-0.1, -0.05) is 35.3 Å². The van der Waals surface area contributed by atoms with Gasteiger partial charge < -0.3 is 10.5 Å². The number of halogens is 2. The Kier molecular flexibility index (Phi) is 4.44. The molecule has 0 amide bonds. The van der Waals surface area contributed by atoms with E-state index in [4.69, 9.17) is 33.7 Å². The largest absolute Gasteiger partial charge is 0.454 e. The molecule has 104 valence electrons. The normalized spacial score (nSPS) is 10.3. The van der Waals surface area contributed by atoms with Crippen LogP contribution in [0.4, 0.5) is 5.69 Å². The molecule has 0 saturated carbocycles. The summed E-state index contributed by atoms with van der Waals surface area (Å²) in [6.45, 7) is 0.430. The van der Waals surface area contributed by atoms with Crippen molar-refractivity contribution in [2.45, 2.75) is 6.54 Å². The predicted octanol–water partition coefficient (Wildman–Crippen LogP) is 4.15. The second kappa shape index (κ2) is 6.09. The molecule has 0 bridgehead atoms. The molecule has 20 heavy (non-hydrogen) atoms. The highest BCUT2D eigenvalue weighted by Crippen LogP contribution is 2.39. The zero-order valence-electron chi connectivity index (χ0n) is 10.2. The Morgan fingerprint density at radius 3 is 2.15 bits per heavy atom. The van der Waals surface area contributed by atoms with Gasteiger partial charge in [-0.25, -0.2) is 0 Å². The topological polar surface area (TPSA) is 78.4 Å². The molecule has 0 spiro atoms. The Bertz CT molecular complexity index is 622. The summed E-state index contributed by atoms with van der Waals surface area (Å²) in [5.41, 5.74) is 6.27. The van der Waals surface area contributed by atoms with Crippen molar-refractivity contribution in [2.75, 3.05) is 0 Å². The van der Waals surface area contributed by atoms with E-state index in [1.165, 1.54) is 12.1 Å². The van der Waals surface area contributed by atoms with E-state index < -0.39 is 4.92 Å². The van der Waals surface area contributed by atoms with Gasteiger partial charge in [-0.3, -0.25) is 10.1 Å². The lowest BCUT2D eigenvalue weighted by molar-refractivity contribution is -0.384. The van der Waals surface area contributed by atoms with Gasteiger partial charge in [0, 0.05) is 18.7 Å². The molecule has 2 N–H and O–H groups in total. The van der Waals surface area contributed by atoms with Gasteiger partial charge in [-0.05, 0) is 17.7 Å². The highest BCUT2D eigenvalue weighted by molar-refractivity contribution is 6.37. The maximum atomic E-state index is 10.7. The Morgan fingerprint density at radius 2 is 1.70 bits per heavy atom. The molecule has 0 unspecified atom stereocenters. The third kappa shape index (κ3) is 3.19. The van der Waals surface area contributed by atoms with Crippen LogP contribution < -0.4 is 10.5 Å². The summed E-state index contributed by atoms with van der Waals surface area (Å²) in [6.07, 6.45) is 0. The van der Waals surface area contributed by atoms with Crippen LogP contribution in [0.15, 0.2) is 36.4 Å². The van der Waals surface area contributed by atoms with Gasteiger partial charge in [0.25, 0.3) is 5.69 Å². The van der Waals surface area contributed by atoms with Crippen LogP contribution in [0.25, 0.3) is 0 Å². The fourth-order valence-electron chi connectivity index (χ4n) is 1.56. The molecule has 0 saturated heterocycles. The molecule has 0 fully saturated rings. The molecular weight excluding hydrogens is 303 g/mol. The standard InChI is InChI=1S/C13H10Cl2N2O3/c14-11-5-9(17(18)19)6-12(15)13(11)20-10-3-1-8(7-16)2-4-10/h1-6H,7,16H2. The van der Waals surface area contributed by atoms with E-state index in [1.54, 1.807) is 12.1 Å². The van der Waals surface area contributed by atoms with E-state index in [2.05, 4.69) is 0 Å². The Morgan fingerprint density at radius 1 is 1.15 bits per heavy atom. The van der Waals surface area contributed by atoms with Crippen molar-refractivity contribution in [3.05, 3.63) is 62.1 Å². The highest BCUT2D eigenvalue weighted by atomic mass is 35.5. The molecular formula is C13H10Cl2N2O3. The van der Waals surface area contributed by atoms with Crippen molar-refractivity contribution >= 4 is 28.9 Å². The minimum absolute atomic E-state index is 0.0760. The van der Waals surface area contributed by atoms with E-state index >= 15 is 0 Å². The maximum absolute atomic E-state index is 10.7. The van der Waals surface area contributed by atoms with Gasteiger partial charge in [0.15, 0.2) is 5.75 Å². The molecule has 2 rings (SSSR count). The van der Waals surface area contributed by atoms with Gasteiger partial charge in [-0.2, -0.15) is 0 Å². The smallest absolute Gasteiger partial charge is 0.272 e. The number of ether oxygens (including phenoxy) is 1. The van der Waals surface area contributed by atoms with Crippen molar-refractivity contribution in [3.63, 3.8) is 0 Å². The quantitative estimate of drug-likeness (QED) is 0.679. The van der Waals surface area contributed by atoms with Crippen molar-refractivity contribution in [2.24, 2.45) is 5.73 Å². The van der Waals surface area contributed by atoms with Crippen LogP contribution in [0.2, 0.25) is 10.0 Å². The number of nitrogens with two attached hydrogens (primary N) is 1. The van der Waals surface area contributed by atoms with Crippen LogP contribution in [0.1, 0.15) is 5.56 Å². The molecule has 2 aromatic carbocycles. The van der Waals surface area contributed by atoms with Crippen LogP contribution in [0.3, 0.4) is 0 Å². The summed E-state index contributed by atoms with van der Waals surface area (Å²) in [5.74, 6) is 0.694. The lowest BCUT2D eigenvalue weighted by Crippen LogP contribution is -1.95. The zero-order chi connectivity index (χ0) is 14.7.